The lowest BCUT2D eigenvalue weighted by molar-refractivity contribution is 0.164. The molecule has 1 saturated heterocycles. The second kappa shape index (κ2) is 4.83. The number of rotatable bonds is 2. The lowest BCUT2D eigenvalue weighted by Crippen LogP contribution is -2.37. The topological polar surface area (TPSA) is 29.0 Å². The van der Waals surface area contributed by atoms with E-state index in [1.165, 1.54) is 24.0 Å². The fraction of sp³-hybridized carbons (Fsp3) is 0.375. The Hall–Kier alpha value is -1.45. The predicted octanol–water partition coefficient (Wildman–Crippen LogP) is 3.39. The van der Waals surface area contributed by atoms with Crippen LogP contribution in [0, 0.1) is 0 Å². The van der Waals surface area contributed by atoms with E-state index in [9.17, 15) is 0 Å². The van der Waals surface area contributed by atoms with Gasteiger partial charge in [-0.25, -0.2) is 9.97 Å². The van der Waals surface area contributed by atoms with E-state index in [-0.39, 0.29) is 0 Å². The number of hydrogen-bond donors (Lipinski definition) is 0. The summed E-state index contributed by atoms with van der Waals surface area (Å²) in [5.41, 5.74) is 3.69. The third-order valence-electron chi connectivity index (χ3n) is 4.53. The first kappa shape index (κ1) is 12.3. The first-order valence-electron chi connectivity index (χ1n) is 7.12. The maximum atomic E-state index is 6.24. The molecule has 1 fully saturated rings. The molecule has 0 N–H and O–H groups in total. The standard InChI is InChI=1S/C16H16ClN3/c17-16-13-8-12-6-7-14(15(13)18-10-19-16)20(12)9-11-4-2-1-3-5-11/h1-5,10,12,14H,6-9H2. The zero-order valence-electron chi connectivity index (χ0n) is 11.2. The summed E-state index contributed by atoms with van der Waals surface area (Å²) in [4.78, 5) is 11.2. The maximum absolute atomic E-state index is 6.24. The summed E-state index contributed by atoms with van der Waals surface area (Å²) in [6.45, 7) is 0.997. The molecule has 0 amide bonds. The number of nitrogens with zero attached hydrogens (tertiary/aromatic N) is 3. The number of benzene rings is 1. The Morgan fingerprint density at radius 3 is 2.85 bits per heavy atom. The molecule has 0 aliphatic carbocycles. The fourth-order valence-electron chi connectivity index (χ4n) is 3.60. The van der Waals surface area contributed by atoms with E-state index in [0.717, 1.165) is 18.7 Å². The van der Waals surface area contributed by atoms with E-state index in [4.69, 9.17) is 11.6 Å². The minimum absolute atomic E-state index is 0.407. The van der Waals surface area contributed by atoms with Crippen LogP contribution in [0.25, 0.3) is 0 Å². The maximum Gasteiger partial charge on any atom is 0.136 e. The van der Waals surface area contributed by atoms with Gasteiger partial charge in [0.25, 0.3) is 0 Å². The Kier molecular flexibility index (Phi) is 2.97. The molecule has 4 heteroatoms. The molecule has 2 unspecified atom stereocenters. The molecule has 1 aromatic heterocycles. The van der Waals surface area contributed by atoms with E-state index >= 15 is 0 Å². The van der Waals surface area contributed by atoms with Gasteiger partial charge < -0.3 is 0 Å². The molecular formula is C16H16ClN3. The fourth-order valence-corrected chi connectivity index (χ4v) is 3.82. The molecule has 2 atom stereocenters. The van der Waals surface area contributed by atoms with E-state index < -0.39 is 0 Å². The van der Waals surface area contributed by atoms with Gasteiger partial charge >= 0.3 is 0 Å². The van der Waals surface area contributed by atoms with Crippen LogP contribution >= 0.6 is 11.6 Å². The molecule has 102 valence electrons. The van der Waals surface area contributed by atoms with Crippen molar-refractivity contribution in [3.05, 3.63) is 58.6 Å². The highest BCUT2D eigenvalue weighted by Gasteiger charge is 2.41. The summed E-state index contributed by atoms with van der Waals surface area (Å²) in [5.74, 6) is 0. The first-order valence-corrected chi connectivity index (χ1v) is 7.49. The van der Waals surface area contributed by atoms with E-state index in [1.54, 1.807) is 6.33 Å². The van der Waals surface area contributed by atoms with Crippen molar-refractivity contribution in [2.24, 2.45) is 0 Å². The lowest BCUT2D eigenvalue weighted by Gasteiger charge is -2.35. The molecule has 0 radical (unpaired) electrons. The van der Waals surface area contributed by atoms with Crippen molar-refractivity contribution in [2.45, 2.75) is 37.9 Å². The largest absolute Gasteiger partial charge is 0.287 e. The zero-order chi connectivity index (χ0) is 13.5. The van der Waals surface area contributed by atoms with Gasteiger partial charge in [0.1, 0.15) is 11.5 Å². The molecule has 1 aromatic carbocycles. The average molecular weight is 286 g/mol. The first-order chi connectivity index (χ1) is 9.83. The Bertz CT molecular complexity index is 629. The van der Waals surface area contributed by atoms with E-state index in [0.29, 0.717) is 17.2 Å². The van der Waals surface area contributed by atoms with Gasteiger partial charge in [-0.2, -0.15) is 0 Å². The number of hydrogen-bond acceptors (Lipinski definition) is 3. The third kappa shape index (κ3) is 1.93. The third-order valence-corrected chi connectivity index (χ3v) is 4.86. The highest BCUT2D eigenvalue weighted by molar-refractivity contribution is 6.30. The van der Waals surface area contributed by atoms with Crippen LogP contribution in [0.15, 0.2) is 36.7 Å². The van der Waals surface area contributed by atoms with E-state index in [1.807, 2.05) is 0 Å². The quantitative estimate of drug-likeness (QED) is 0.792. The van der Waals surface area contributed by atoms with Gasteiger partial charge in [-0.3, -0.25) is 4.90 Å². The van der Waals surface area contributed by atoms with Crippen molar-refractivity contribution in [2.75, 3.05) is 0 Å². The van der Waals surface area contributed by atoms with Crippen molar-refractivity contribution in [1.29, 1.82) is 0 Å². The Morgan fingerprint density at radius 1 is 1.15 bits per heavy atom. The van der Waals surface area contributed by atoms with Crippen LogP contribution in [-0.4, -0.2) is 20.9 Å². The average Bonchev–Trinajstić information content (AvgIpc) is 2.74. The summed E-state index contributed by atoms with van der Waals surface area (Å²) in [7, 11) is 0. The Morgan fingerprint density at radius 2 is 2.00 bits per heavy atom. The molecular weight excluding hydrogens is 270 g/mol. The monoisotopic (exact) mass is 285 g/mol. The van der Waals surface area contributed by atoms with Crippen LogP contribution in [0.1, 0.15) is 35.7 Å². The highest BCUT2D eigenvalue weighted by atomic mass is 35.5. The van der Waals surface area contributed by atoms with Crippen molar-refractivity contribution in [3.8, 4) is 0 Å². The lowest BCUT2D eigenvalue weighted by atomic mass is 9.98. The van der Waals surface area contributed by atoms with Gasteiger partial charge in [0.05, 0.1) is 11.7 Å². The summed E-state index contributed by atoms with van der Waals surface area (Å²) < 4.78 is 0. The molecule has 20 heavy (non-hydrogen) atoms. The number of fused-ring (bicyclic) bond motifs is 4. The number of aromatic nitrogens is 2. The van der Waals surface area contributed by atoms with Gasteiger partial charge in [-0.05, 0) is 24.8 Å². The van der Waals surface area contributed by atoms with Gasteiger partial charge in [0.2, 0.25) is 0 Å². The molecule has 2 aromatic rings. The summed E-state index contributed by atoms with van der Waals surface area (Å²) in [6, 6.07) is 11.7. The molecule has 0 spiro atoms. The van der Waals surface area contributed by atoms with Crippen molar-refractivity contribution in [1.82, 2.24) is 14.9 Å². The summed E-state index contributed by atoms with van der Waals surface area (Å²) in [6.07, 6.45) is 4.99. The van der Waals surface area contributed by atoms with Crippen LogP contribution < -0.4 is 0 Å². The van der Waals surface area contributed by atoms with Crippen LogP contribution in [0.5, 0.6) is 0 Å². The molecule has 0 saturated carbocycles. The SMILES string of the molecule is Clc1ncnc2c1CC1CCC2N1Cc1ccccc1. The highest BCUT2D eigenvalue weighted by Crippen LogP contribution is 2.44. The van der Waals surface area contributed by atoms with Gasteiger partial charge in [-0.15, -0.1) is 0 Å². The summed E-state index contributed by atoms with van der Waals surface area (Å²) >= 11 is 6.24. The van der Waals surface area contributed by atoms with Crippen molar-refractivity contribution >= 4 is 11.6 Å². The second-order valence-electron chi connectivity index (χ2n) is 5.64. The molecule has 2 aliphatic heterocycles. The second-order valence-corrected chi connectivity index (χ2v) is 6.00. The predicted molar refractivity (Wildman–Crippen MR) is 78.5 cm³/mol. The molecule has 2 aliphatic rings. The molecule has 3 nitrogen and oxygen atoms in total. The van der Waals surface area contributed by atoms with Crippen LogP contribution in [0.2, 0.25) is 5.15 Å². The Balaban J connectivity index is 1.68. The molecule has 2 bridgehead atoms. The van der Waals surface area contributed by atoms with Crippen LogP contribution in [0.3, 0.4) is 0 Å². The van der Waals surface area contributed by atoms with Gasteiger partial charge in [0.15, 0.2) is 0 Å². The normalized spacial score (nSPS) is 24.6. The van der Waals surface area contributed by atoms with Crippen LogP contribution in [-0.2, 0) is 13.0 Å². The Labute approximate surface area is 123 Å². The van der Waals surface area contributed by atoms with Crippen molar-refractivity contribution < 1.29 is 0 Å². The van der Waals surface area contributed by atoms with Crippen LogP contribution in [0.4, 0.5) is 0 Å². The van der Waals surface area contributed by atoms with Crippen molar-refractivity contribution in [3.63, 3.8) is 0 Å². The smallest absolute Gasteiger partial charge is 0.136 e. The summed E-state index contributed by atoms with van der Waals surface area (Å²) in [5, 5.41) is 0.645. The minimum Gasteiger partial charge on any atom is -0.287 e. The van der Waals surface area contributed by atoms with Gasteiger partial charge in [0, 0.05) is 18.2 Å². The van der Waals surface area contributed by atoms with Gasteiger partial charge in [-0.1, -0.05) is 41.9 Å². The minimum atomic E-state index is 0.407. The molecule has 4 rings (SSSR count). The molecule has 3 heterocycles. The number of halogens is 1. The zero-order valence-corrected chi connectivity index (χ0v) is 11.9. The van der Waals surface area contributed by atoms with E-state index in [2.05, 4.69) is 45.2 Å².